The summed E-state index contributed by atoms with van der Waals surface area (Å²) in [6, 6.07) is 7.65. The zero-order chi connectivity index (χ0) is 8.97. The summed E-state index contributed by atoms with van der Waals surface area (Å²) in [6.45, 7) is 0.535. The fourth-order valence-corrected chi connectivity index (χ4v) is 1.66. The van der Waals surface area contributed by atoms with E-state index in [-0.39, 0.29) is 5.92 Å². The van der Waals surface area contributed by atoms with Gasteiger partial charge in [-0.2, -0.15) is 0 Å². The average molecular weight is 204 g/mol. The van der Waals surface area contributed by atoms with E-state index in [1.54, 1.807) is 0 Å². The van der Waals surface area contributed by atoms with Crippen LogP contribution in [-0.4, -0.2) is 12.4 Å². The van der Waals surface area contributed by atoms with Crippen LogP contribution < -0.4 is 5.73 Å². The van der Waals surface area contributed by atoms with E-state index >= 15 is 0 Å². The van der Waals surface area contributed by atoms with Crippen LogP contribution in [0.1, 0.15) is 11.5 Å². The van der Waals surface area contributed by atoms with Crippen LogP contribution in [0.4, 0.5) is 0 Å². The van der Waals surface area contributed by atoms with E-state index in [0.717, 1.165) is 10.6 Å². The first-order valence-corrected chi connectivity index (χ1v) is 4.71. The molecule has 0 aliphatic heterocycles. The lowest BCUT2D eigenvalue weighted by molar-refractivity contribution is 0.781. The van der Waals surface area contributed by atoms with Gasteiger partial charge < -0.3 is 5.73 Å². The van der Waals surface area contributed by atoms with Gasteiger partial charge in [0.15, 0.2) is 0 Å². The maximum absolute atomic E-state index is 5.96. The lowest BCUT2D eigenvalue weighted by Gasteiger charge is -2.12. The maximum atomic E-state index is 5.96. The van der Waals surface area contributed by atoms with Crippen molar-refractivity contribution >= 4 is 23.2 Å². The van der Waals surface area contributed by atoms with Gasteiger partial charge in [0, 0.05) is 23.4 Å². The molecular formula is C9H11Cl2N. The van der Waals surface area contributed by atoms with E-state index < -0.39 is 0 Å². The molecule has 3 heteroatoms. The van der Waals surface area contributed by atoms with Gasteiger partial charge in [0.1, 0.15) is 0 Å². The number of hydrogen-bond donors (Lipinski definition) is 1. The minimum absolute atomic E-state index is 0.167. The highest BCUT2D eigenvalue weighted by atomic mass is 35.5. The molecule has 0 amide bonds. The van der Waals surface area contributed by atoms with Gasteiger partial charge in [-0.25, -0.2) is 0 Å². The topological polar surface area (TPSA) is 26.0 Å². The predicted octanol–water partition coefficient (Wildman–Crippen LogP) is 2.62. The molecule has 0 fully saturated rings. The molecule has 12 heavy (non-hydrogen) atoms. The normalized spacial score (nSPS) is 12.9. The Hall–Kier alpha value is -0.240. The molecule has 0 spiro atoms. The van der Waals surface area contributed by atoms with Crippen LogP contribution in [-0.2, 0) is 0 Å². The van der Waals surface area contributed by atoms with Crippen molar-refractivity contribution in [3.8, 4) is 0 Å². The van der Waals surface area contributed by atoms with Crippen molar-refractivity contribution < 1.29 is 0 Å². The van der Waals surface area contributed by atoms with Gasteiger partial charge in [-0.15, -0.1) is 11.6 Å². The third-order valence-corrected chi connectivity index (χ3v) is 2.53. The van der Waals surface area contributed by atoms with Gasteiger partial charge in [0.05, 0.1) is 0 Å². The predicted molar refractivity (Wildman–Crippen MR) is 54.0 cm³/mol. The molecular weight excluding hydrogens is 193 g/mol. The Bertz CT molecular complexity index is 246. The van der Waals surface area contributed by atoms with Crippen molar-refractivity contribution in [1.82, 2.24) is 0 Å². The molecule has 0 saturated heterocycles. The summed E-state index contributed by atoms with van der Waals surface area (Å²) in [5.41, 5.74) is 6.58. The molecule has 0 aliphatic carbocycles. The molecule has 66 valence electrons. The van der Waals surface area contributed by atoms with Crippen molar-refractivity contribution in [2.75, 3.05) is 12.4 Å². The summed E-state index contributed by atoms with van der Waals surface area (Å²) in [5, 5.41) is 0.744. The lowest BCUT2D eigenvalue weighted by Crippen LogP contribution is -2.14. The Kier molecular flexibility index (Phi) is 3.86. The van der Waals surface area contributed by atoms with Crippen LogP contribution in [0.3, 0.4) is 0 Å². The molecule has 1 rings (SSSR count). The van der Waals surface area contributed by atoms with Crippen molar-refractivity contribution in [2.45, 2.75) is 5.92 Å². The van der Waals surface area contributed by atoms with Crippen LogP contribution in [0, 0.1) is 0 Å². The number of alkyl halides is 1. The number of halogens is 2. The molecule has 1 unspecified atom stereocenters. The van der Waals surface area contributed by atoms with E-state index in [4.69, 9.17) is 28.9 Å². The van der Waals surface area contributed by atoms with Crippen molar-refractivity contribution in [3.05, 3.63) is 34.9 Å². The standard InChI is InChI=1S/C9H11Cl2N/c10-5-7(6-12)8-3-1-2-4-9(8)11/h1-4,7H,5-6,12H2. The van der Waals surface area contributed by atoms with E-state index in [9.17, 15) is 0 Å². The van der Waals surface area contributed by atoms with Crippen molar-refractivity contribution in [2.24, 2.45) is 5.73 Å². The van der Waals surface area contributed by atoms with Gasteiger partial charge in [-0.1, -0.05) is 29.8 Å². The number of rotatable bonds is 3. The van der Waals surface area contributed by atoms with Gasteiger partial charge in [0.2, 0.25) is 0 Å². The van der Waals surface area contributed by atoms with E-state index in [2.05, 4.69) is 0 Å². The molecule has 0 radical (unpaired) electrons. The lowest BCUT2D eigenvalue weighted by atomic mass is 10.0. The molecule has 2 N–H and O–H groups in total. The summed E-state index contributed by atoms with van der Waals surface area (Å²) < 4.78 is 0. The van der Waals surface area contributed by atoms with E-state index in [1.807, 2.05) is 24.3 Å². The number of benzene rings is 1. The zero-order valence-electron chi connectivity index (χ0n) is 6.63. The Balaban J connectivity index is 2.92. The third-order valence-electron chi connectivity index (χ3n) is 1.82. The number of hydrogen-bond acceptors (Lipinski definition) is 1. The van der Waals surface area contributed by atoms with Crippen LogP contribution in [0.2, 0.25) is 5.02 Å². The largest absolute Gasteiger partial charge is 0.330 e. The van der Waals surface area contributed by atoms with Gasteiger partial charge in [-0.3, -0.25) is 0 Å². The zero-order valence-corrected chi connectivity index (χ0v) is 8.15. The molecule has 1 nitrogen and oxygen atoms in total. The van der Waals surface area contributed by atoms with Crippen LogP contribution in [0.5, 0.6) is 0 Å². The fraction of sp³-hybridized carbons (Fsp3) is 0.333. The van der Waals surface area contributed by atoms with Crippen molar-refractivity contribution in [3.63, 3.8) is 0 Å². The van der Waals surface area contributed by atoms with E-state index in [1.165, 1.54) is 0 Å². The Labute approximate surface area is 82.5 Å². The Morgan fingerprint density at radius 3 is 2.50 bits per heavy atom. The molecule has 1 atom stereocenters. The second-order valence-electron chi connectivity index (χ2n) is 2.61. The molecule has 0 heterocycles. The SMILES string of the molecule is NCC(CCl)c1ccccc1Cl. The summed E-state index contributed by atoms with van der Waals surface area (Å²) in [7, 11) is 0. The minimum Gasteiger partial charge on any atom is -0.330 e. The highest BCUT2D eigenvalue weighted by molar-refractivity contribution is 6.31. The molecule has 0 bridgehead atoms. The number of nitrogens with two attached hydrogens (primary N) is 1. The van der Waals surface area contributed by atoms with Crippen molar-refractivity contribution in [1.29, 1.82) is 0 Å². The molecule has 0 aliphatic rings. The van der Waals surface area contributed by atoms with Gasteiger partial charge in [0.25, 0.3) is 0 Å². The Morgan fingerprint density at radius 2 is 2.00 bits per heavy atom. The van der Waals surface area contributed by atoms with Crippen LogP contribution in [0.15, 0.2) is 24.3 Å². The summed E-state index contributed by atoms with van der Waals surface area (Å²) in [6.07, 6.45) is 0. The summed E-state index contributed by atoms with van der Waals surface area (Å²) in [5.74, 6) is 0.681. The quantitative estimate of drug-likeness (QED) is 0.752. The van der Waals surface area contributed by atoms with Crippen LogP contribution in [0.25, 0.3) is 0 Å². The van der Waals surface area contributed by atoms with Gasteiger partial charge in [-0.05, 0) is 11.6 Å². The highest BCUT2D eigenvalue weighted by Gasteiger charge is 2.10. The first kappa shape index (κ1) is 9.85. The van der Waals surface area contributed by atoms with Gasteiger partial charge >= 0.3 is 0 Å². The molecule has 0 saturated carbocycles. The fourth-order valence-electron chi connectivity index (χ4n) is 1.08. The Morgan fingerprint density at radius 1 is 1.33 bits per heavy atom. The van der Waals surface area contributed by atoms with Crippen LogP contribution >= 0.6 is 23.2 Å². The molecule has 1 aromatic rings. The molecule has 1 aromatic carbocycles. The third kappa shape index (κ3) is 2.13. The molecule has 0 aromatic heterocycles. The minimum atomic E-state index is 0.167. The average Bonchev–Trinajstić information content (AvgIpc) is 2.10. The van der Waals surface area contributed by atoms with E-state index in [0.29, 0.717) is 12.4 Å². The first-order valence-electron chi connectivity index (χ1n) is 3.80. The second-order valence-corrected chi connectivity index (χ2v) is 3.32. The smallest absolute Gasteiger partial charge is 0.0441 e. The first-order chi connectivity index (χ1) is 5.79. The monoisotopic (exact) mass is 203 g/mol. The second kappa shape index (κ2) is 4.70. The summed E-state index contributed by atoms with van der Waals surface area (Å²) in [4.78, 5) is 0. The highest BCUT2D eigenvalue weighted by Crippen LogP contribution is 2.24. The summed E-state index contributed by atoms with van der Waals surface area (Å²) >= 11 is 11.7. The maximum Gasteiger partial charge on any atom is 0.0441 e.